The van der Waals surface area contributed by atoms with Crippen LogP contribution >= 0.6 is 0 Å². The third kappa shape index (κ3) is 2.66. The van der Waals surface area contributed by atoms with E-state index < -0.39 is 36.2 Å². The molecule has 0 radical (unpaired) electrons. The number of imide groups is 1. The van der Waals surface area contributed by atoms with Crippen molar-refractivity contribution in [3.63, 3.8) is 0 Å². The number of nitrogens with zero attached hydrogens (tertiary/aromatic N) is 1. The minimum absolute atomic E-state index is 0.0264. The molecular weight excluding hydrogens is 304 g/mol. The summed E-state index contributed by atoms with van der Waals surface area (Å²) in [5.74, 6) is -1.72. The molecule has 0 unspecified atom stereocenters. The molecule has 8 nitrogen and oxygen atoms in total. The third-order valence-corrected chi connectivity index (χ3v) is 4.95. The predicted octanol–water partition coefficient (Wildman–Crippen LogP) is 0.346. The second-order valence-electron chi connectivity index (χ2n) is 6.37. The molecule has 2 heterocycles. The molecule has 1 N–H and O–H groups in total. The van der Waals surface area contributed by atoms with Crippen molar-refractivity contribution in [3.05, 3.63) is 0 Å². The van der Waals surface area contributed by atoms with Gasteiger partial charge in [0.1, 0.15) is 12.1 Å². The Hall–Kier alpha value is -2.12. The summed E-state index contributed by atoms with van der Waals surface area (Å²) in [6.07, 6.45) is 2.69. The van der Waals surface area contributed by atoms with Crippen LogP contribution in [0.2, 0.25) is 0 Å². The van der Waals surface area contributed by atoms with Gasteiger partial charge in [-0.2, -0.15) is 0 Å². The highest BCUT2D eigenvalue weighted by Gasteiger charge is 2.55. The Labute approximate surface area is 133 Å². The summed E-state index contributed by atoms with van der Waals surface area (Å²) in [5, 5.41) is 2.76. The molecule has 8 heteroatoms. The molecule has 126 valence electrons. The van der Waals surface area contributed by atoms with Crippen LogP contribution in [-0.2, 0) is 23.9 Å². The summed E-state index contributed by atoms with van der Waals surface area (Å²) in [6.45, 7) is 1.66. The van der Waals surface area contributed by atoms with E-state index in [4.69, 9.17) is 9.47 Å². The Morgan fingerprint density at radius 3 is 2.78 bits per heavy atom. The number of ether oxygens (including phenoxy) is 2. The Kier molecular flexibility index (Phi) is 3.99. The maximum absolute atomic E-state index is 12.7. The lowest BCUT2D eigenvalue weighted by Crippen LogP contribution is -2.54. The molecule has 0 bridgehead atoms. The van der Waals surface area contributed by atoms with Gasteiger partial charge in [0.25, 0.3) is 5.91 Å². The second kappa shape index (κ2) is 5.82. The smallest absolute Gasteiger partial charge is 0.347 e. The predicted molar refractivity (Wildman–Crippen MR) is 76.1 cm³/mol. The number of nitrogens with one attached hydrogen (secondary N) is 1. The van der Waals surface area contributed by atoms with Gasteiger partial charge < -0.3 is 14.8 Å². The number of cyclic esters (lactones) is 1. The number of carbonyl (C=O) groups excluding carboxylic acids is 4. The molecule has 2 saturated heterocycles. The third-order valence-electron chi connectivity index (χ3n) is 4.95. The highest BCUT2D eigenvalue weighted by atomic mass is 16.6. The van der Waals surface area contributed by atoms with Gasteiger partial charge in [-0.15, -0.1) is 0 Å². The fraction of sp³-hybridized carbons (Fsp3) is 0.733. The van der Waals surface area contributed by atoms with Gasteiger partial charge in [-0.05, 0) is 18.8 Å². The Bertz CT molecular complexity index is 562. The van der Waals surface area contributed by atoms with Crippen LogP contribution in [0.25, 0.3) is 0 Å². The van der Waals surface area contributed by atoms with Gasteiger partial charge in [-0.1, -0.05) is 19.8 Å². The molecule has 0 aromatic heterocycles. The van der Waals surface area contributed by atoms with E-state index in [-0.39, 0.29) is 18.4 Å². The van der Waals surface area contributed by atoms with E-state index in [9.17, 15) is 19.2 Å². The van der Waals surface area contributed by atoms with Crippen LogP contribution in [0.1, 0.15) is 39.0 Å². The monoisotopic (exact) mass is 324 g/mol. The van der Waals surface area contributed by atoms with Crippen molar-refractivity contribution in [3.8, 4) is 0 Å². The van der Waals surface area contributed by atoms with E-state index >= 15 is 0 Å². The van der Waals surface area contributed by atoms with Crippen LogP contribution < -0.4 is 5.32 Å². The van der Waals surface area contributed by atoms with Crippen molar-refractivity contribution < 1.29 is 28.7 Å². The Morgan fingerprint density at radius 1 is 1.35 bits per heavy atom. The number of esters is 2. The fourth-order valence-corrected chi connectivity index (χ4v) is 3.55. The molecule has 1 aliphatic carbocycles. The quantitative estimate of drug-likeness (QED) is 0.593. The van der Waals surface area contributed by atoms with Crippen LogP contribution in [0.15, 0.2) is 0 Å². The van der Waals surface area contributed by atoms with E-state index in [0.29, 0.717) is 12.8 Å². The summed E-state index contributed by atoms with van der Waals surface area (Å²) in [4.78, 5) is 49.0. The van der Waals surface area contributed by atoms with Gasteiger partial charge in [-0.3, -0.25) is 14.5 Å². The highest BCUT2D eigenvalue weighted by molar-refractivity contribution is 6.09. The van der Waals surface area contributed by atoms with E-state index in [2.05, 4.69) is 5.32 Å². The van der Waals surface area contributed by atoms with Gasteiger partial charge in [0.05, 0.1) is 6.61 Å². The first-order chi connectivity index (χ1) is 10.9. The molecule has 0 aromatic carbocycles. The topological polar surface area (TPSA) is 102 Å². The first-order valence-electron chi connectivity index (χ1n) is 7.94. The van der Waals surface area contributed by atoms with E-state index in [1.54, 1.807) is 0 Å². The standard InChI is InChI=1S/C15H20N2O6/c1-9-4-2-3-6-15(9)13(20)17(14(21)16-15)8-11(18)23-10-5-7-22-12(10)19/h9-10H,2-8H2,1H3,(H,16,21)/t9-,10+,15+/m0/s1. The Balaban J connectivity index is 1.66. The molecule has 0 aromatic rings. The molecule has 3 fully saturated rings. The molecule has 3 atom stereocenters. The average molecular weight is 324 g/mol. The second-order valence-corrected chi connectivity index (χ2v) is 6.37. The normalized spacial score (nSPS) is 33.8. The summed E-state index contributed by atoms with van der Waals surface area (Å²) in [5.41, 5.74) is -0.901. The maximum Gasteiger partial charge on any atom is 0.347 e. The molecule has 23 heavy (non-hydrogen) atoms. The molecule has 3 amide bonds. The first-order valence-corrected chi connectivity index (χ1v) is 7.94. The number of amides is 3. The van der Waals surface area contributed by atoms with Crippen molar-refractivity contribution in [2.45, 2.75) is 50.7 Å². The van der Waals surface area contributed by atoms with Gasteiger partial charge in [0.2, 0.25) is 6.10 Å². The van der Waals surface area contributed by atoms with Crippen molar-refractivity contribution in [2.24, 2.45) is 5.92 Å². The maximum atomic E-state index is 12.7. The zero-order valence-electron chi connectivity index (χ0n) is 13.0. The van der Waals surface area contributed by atoms with E-state index in [0.717, 1.165) is 24.2 Å². The lowest BCUT2D eigenvalue weighted by Gasteiger charge is -2.36. The highest BCUT2D eigenvalue weighted by Crippen LogP contribution is 2.38. The number of urea groups is 1. The van der Waals surface area contributed by atoms with Crippen molar-refractivity contribution in [1.82, 2.24) is 10.2 Å². The average Bonchev–Trinajstić information content (AvgIpc) is 3.00. The lowest BCUT2D eigenvalue weighted by atomic mass is 9.73. The zero-order chi connectivity index (χ0) is 16.6. The van der Waals surface area contributed by atoms with Gasteiger partial charge in [0, 0.05) is 6.42 Å². The fourth-order valence-electron chi connectivity index (χ4n) is 3.55. The summed E-state index contributed by atoms with van der Waals surface area (Å²) >= 11 is 0. The van der Waals surface area contributed by atoms with Crippen LogP contribution in [0.4, 0.5) is 4.79 Å². The minimum atomic E-state index is -0.939. The first kappa shape index (κ1) is 15.8. The van der Waals surface area contributed by atoms with E-state index in [1.807, 2.05) is 6.92 Å². The minimum Gasteiger partial charge on any atom is -0.463 e. The summed E-state index contributed by atoms with van der Waals surface area (Å²) < 4.78 is 9.70. The van der Waals surface area contributed by atoms with Crippen LogP contribution in [0.5, 0.6) is 0 Å². The number of hydrogen-bond acceptors (Lipinski definition) is 6. The largest absolute Gasteiger partial charge is 0.463 e. The van der Waals surface area contributed by atoms with Gasteiger partial charge >= 0.3 is 18.0 Å². The molecule has 1 spiro atoms. The molecule has 2 aliphatic heterocycles. The lowest BCUT2D eigenvalue weighted by molar-refractivity contribution is -0.161. The number of rotatable bonds is 3. The van der Waals surface area contributed by atoms with Gasteiger partial charge in [-0.25, -0.2) is 9.59 Å². The number of hydrogen-bond donors (Lipinski definition) is 1. The van der Waals surface area contributed by atoms with Crippen molar-refractivity contribution >= 4 is 23.9 Å². The van der Waals surface area contributed by atoms with Crippen molar-refractivity contribution in [2.75, 3.05) is 13.2 Å². The van der Waals surface area contributed by atoms with Crippen molar-refractivity contribution in [1.29, 1.82) is 0 Å². The number of carbonyl (C=O) groups is 4. The van der Waals surface area contributed by atoms with Gasteiger partial charge in [0.15, 0.2) is 0 Å². The van der Waals surface area contributed by atoms with Crippen LogP contribution in [0, 0.1) is 5.92 Å². The van der Waals surface area contributed by atoms with Crippen LogP contribution in [-0.4, -0.2) is 53.6 Å². The SMILES string of the molecule is C[C@H]1CCCC[C@@]12NC(=O)N(CC(=O)O[C@@H]1CCOC1=O)C2=O. The molecule has 3 rings (SSSR count). The summed E-state index contributed by atoms with van der Waals surface area (Å²) in [6, 6.07) is -0.574. The Morgan fingerprint density at radius 2 is 2.13 bits per heavy atom. The zero-order valence-corrected chi connectivity index (χ0v) is 13.0. The van der Waals surface area contributed by atoms with Crippen LogP contribution in [0.3, 0.4) is 0 Å². The molecule has 1 saturated carbocycles. The molecule has 3 aliphatic rings. The van der Waals surface area contributed by atoms with E-state index in [1.165, 1.54) is 0 Å². The summed E-state index contributed by atoms with van der Waals surface area (Å²) in [7, 11) is 0. The molecular formula is C15H20N2O6.